The van der Waals surface area contributed by atoms with Crippen molar-refractivity contribution in [1.82, 2.24) is 9.21 Å². The van der Waals surface area contributed by atoms with Gasteiger partial charge in [-0.25, -0.2) is 8.42 Å². The first-order chi connectivity index (χ1) is 13.8. The molecule has 1 heterocycles. The molecular weight excluding hydrogens is 386 g/mol. The molecule has 0 atom stereocenters. The van der Waals surface area contributed by atoms with E-state index in [0.29, 0.717) is 31.7 Å². The maximum atomic E-state index is 12.6. The van der Waals surface area contributed by atoms with Gasteiger partial charge in [-0.15, -0.1) is 0 Å². The fourth-order valence-electron chi connectivity index (χ4n) is 3.43. The lowest BCUT2D eigenvalue weighted by Gasteiger charge is -2.33. The van der Waals surface area contributed by atoms with Crippen molar-refractivity contribution in [3.63, 3.8) is 0 Å². The fourth-order valence-corrected chi connectivity index (χ4v) is 4.52. The molecular formula is C22H29N3O3S. The molecule has 2 aromatic rings. The molecule has 2 aromatic carbocycles. The van der Waals surface area contributed by atoms with Crippen LogP contribution in [0, 0.1) is 13.8 Å². The Morgan fingerprint density at radius 3 is 2.28 bits per heavy atom. The maximum Gasteiger partial charge on any atom is 0.255 e. The molecule has 0 unspecified atom stereocenters. The third kappa shape index (κ3) is 5.44. The summed E-state index contributed by atoms with van der Waals surface area (Å²) in [6.07, 6.45) is 0. The summed E-state index contributed by atoms with van der Waals surface area (Å²) < 4.78 is 25.5. The summed E-state index contributed by atoms with van der Waals surface area (Å²) in [6.45, 7) is 8.91. The topological polar surface area (TPSA) is 69.7 Å². The number of nitrogens with zero attached hydrogens (tertiary/aromatic N) is 2. The Morgan fingerprint density at radius 2 is 1.66 bits per heavy atom. The van der Waals surface area contributed by atoms with Crippen molar-refractivity contribution >= 4 is 21.6 Å². The van der Waals surface area contributed by atoms with Crippen molar-refractivity contribution in [3.05, 3.63) is 64.7 Å². The highest BCUT2D eigenvalue weighted by molar-refractivity contribution is 7.89. The van der Waals surface area contributed by atoms with Gasteiger partial charge >= 0.3 is 0 Å². The highest BCUT2D eigenvalue weighted by Crippen LogP contribution is 2.18. The molecule has 6 nitrogen and oxygen atoms in total. The Kier molecular flexibility index (Phi) is 6.72. The number of carbonyl (C=O) groups is 1. The molecule has 3 rings (SSSR count). The van der Waals surface area contributed by atoms with Crippen LogP contribution in [0.5, 0.6) is 0 Å². The summed E-state index contributed by atoms with van der Waals surface area (Å²) >= 11 is 0. The van der Waals surface area contributed by atoms with Crippen LogP contribution in [0.1, 0.15) is 34.0 Å². The van der Waals surface area contributed by atoms with E-state index in [2.05, 4.69) is 10.2 Å². The molecule has 0 spiro atoms. The lowest BCUT2D eigenvalue weighted by atomic mass is 10.1. The Morgan fingerprint density at radius 1 is 1.00 bits per heavy atom. The number of rotatable bonds is 6. The zero-order chi connectivity index (χ0) is 21.0. The number of carbonyl (C=O) groups excluding carboxylic acids is 1. The highest BCUT2D eigenvalue weighted by atomic mass is 32.2. The zero-order valence-corrected chi connectivity index (χ0v) is 18.1. The van der Waals surface area contributed by atoms with Gasteiger partial charge in [-0.3, -0.25) is 9.69 Å². The SMILES string of the molecule is CCS(=O)(=O)N1CCN(Cc2ccc(C(=O)Nc3cc(C)ccc3C)cc2)CC1. The summed E-state index contributed by atoms with van der Waals surface area (Å²) in [6, 6.07) is 13.6. The van der Waals surface area contributed by atoms with Gasteiger partial charge in [-0.1, -0.05) is 24.3 Å². The van der Waals surface area contributed by atoms with E-state index >= 15 is 0 Å². The van der Waals surface area contributed by atoms with Crippen LogP contribution in [-0.2, 0) is 16.6 Å². The smallest absolute Gasteiger partial charge is 0.255 e. The van der Waals surface area contributed by atoms with Crippen LogP contribution >= 0.6 is 0 Å². The van der Waals surface area contributed by atoms with Crippen molar-refractivity contribution in [1.29, 1.82) is 0 Å². The number of piperazine rings is 1. The van der Waals surface area contributed by atoms with Gasteiger partial charge in [0, 0.05) is 44.0 Å². The summed E-state index contributed by atoms with van der Waals surface area (Å²) in [4.78, 5) is 14.8. The van der Waals surface area contributed by atoms with Gasteiger partial charge in [-0.05, 0) is 55.7 Å². The van der Waals surface area contributed by atoms with Crippen LogP contribution in [0.2, 0.25) is 0 Å². The van der Waals surface area contributed by atoms with Gasteiger partial charge in [0.1, 0.15) is 0 Å². The van der Waals surface area contributed by atoms with E-state index in [1.54, 1.807) is 11.2 Å². The molecule has 156 valence electrons. The molecule has 0 aliphatic carbocycles. The second-order valence-electron chi connectivity index (χ2n) is 7.55. The van der Waals surface area contributed by atoms with Crippen LogP contribution in [0.4, 0.5) is 5.69 Å². The molecule has 1 amide bonds. The van der Waals surface area contributed by atoms with Crippen LogP contribution in [0.15, 0.2) is 42.5 Å². The average molecular weight is 416 g/mol. The molecule has 1 aliphatic heterocycles. The average Bonchev–Trinajstić information content (AvgIpc) is 2.71. The number of nitrogens with one attached hydrogen (secondary N) is 1. The molecule has 29 heavy (non-hydrogen) atoms. The van der Waals surface area contributed by atoms with Crippen molar-refractivity contribution in [3.8, 4) is 0 Å². The fraction of sp³-hybridized carbons (Fsp3) is 0.409. The van der Waals surface area contributed by atoms with Gasteiger partial charge in [0.15, 0.2) is 0 Å². The van der Waals surface area contributed by atoms with Crippen molar-refractivity contribution < 1.29 is 13.2 Å². The standard InChI is InChI=1S/C22H29N3O3S/c1-4-29(27,28)25-13-11-24(12-14-25)16-19-7-9-20(10-8-19)22(26)23-21-15-17(2)5-6-18(21)3/h5-10,15H,4,11-14,16H2,1-3H3,(H,23,26). The summed E-state index contributed by atoms with van der Waals surface area (Å²) in [7, 11) is -3.10. The molecule has 1 aliphatic rings. The lowest BCUT2D eigenvalue weighted by Crippen LogP contribution is -2.48. The minimum absolute atomic E-state index is 0.122. The second kappa shape index (κ2) is 9.07. The van der Waals surface area contributed by atoms with Crippen molar-refractivity contribution in [2.75, 3.05) is 37.2 Å². The number of aryl methyl sites for hydroxylation is 2. The monoisotopic (exact) mass is 415 g/mol. The maximum absolute atomic E-state index is 12.6. The Hall–Kier alpha value is -2.22. The first-order valence-corrected chi connectivity index (χ1v) is 11.6. The lowest BCUT2D eigenvalue weighted by molar-refractivity contribution is 0.102. The number of hydrogen-bond donors (Lipinski definition) is 1. The molecule has 0 bridgehead atoms. The van der Waals surface area contributed by atoms with Crippen molar-refractivity contribution in [2.45, 2.75) is 27.3 Å². The summed E-state index contributed by atoms with van der Waals surface area (Å²) in [5.41, 5.74) is 4.70. The van der Waals surface area contributed by atoms with Crippen LogP contribution < -0.4 is 5.32 Å². The molecule has 1 N–H and O–H groups in total. The minimum atomic E-state index is -3.10. The normalized spacial score (nSPS) is 16.0. The predicted octanol–water partition coefficient (Wildman–Crippen LogP) is 3.02. The van der Waals surface area contributed by atoms with Crippen LogP contribution in [-0.4, -0.2) is 55.5 Å². The first kappa shape index (κ1) is 21.5. The van der Waals surface area contributed by atoms with Gasteiger partial charge in [0.25, 0.3) is 5.91 Å². The van der Waals surface area contributed by atoms with E-state index in [1.165, 1.54) is 0 Å². The van der Waals surface area contributed by atoms with Gasteiger partial charge in [-0.2, -0.15) is 4.31 Å². The molecule has 0 aromatic heterocycles. The molecule has 1 fully saturated rings. The largest absolute Gasteiger partial charge is 0.322 e. The molecule has 0 radical (unpaired) electrons. The third-order valence-electron chi connectivity index (χ3n) is 5.35. The number of anilines is 1. The molecule has 1 saturated heterocycles. The first-order valence-electron chi connectivity index (χ1n) is 9.96. The third-order valence-corrected chi connectivity index (χ3v) is 7.23. The number of benzene rings is 2. The van der Waals surface area contributed by atoms with Gasteiger partial charge < -0.3 is 5.32 Å². The molecule has 0 saturated carbocycles. The summed E-state index contributed by atoms with van der Waals surface area (Å²) in [5.74, 6) is 0.0298. The van der Waals surface area contributed by atoms with E-state index in [9.17, 15) is 13.2 Å². The number of amides is 1. The number of sulfonamides is 1. The number of hydrogen-bond acceptors (Lipinski definition) is 4. The van der Waals surface area contributed by atoms with Gasteiger partial charge in [0.2, 0.25) is 10.0 Å². The minimum Gasteiger partial charge on any atom is -0.322 e. The van der Waals surface area contributed by atoms with Crippen LogP contribution in [0.25, 0.3) is 0 Å². The zero-order valence-electron chi connectivity index (χ0n) is 17.3. The van der Waals surface area contributed by atoms with E-state index < -0.39 is 10.0 Å². The van der Waals surface area contributed by atoms with E-state index in [-0.39, 0.29) is 11.7 Å². The van der Waals surface area contributed by atoms with Crippen LogP contribution in [0.3, 0.4) is 0 Å². The second-order valence-corrected chi connectivity index (χ2v) is 9.80. The molecule has 7 heteroatoms. The Balaban J connectivity index is 1.57. The predicted molar refractivity (Wildman–Crippen MR) is 117 cm³/mol. The Labute approximate surface area is 173 Å². The Bertz CT molecular complexity index is 963. The quantitative estimate of drug-likeness (QED) is 0.787. The summed E-state index contributed by atoms with van der Waals surface area (Å²) in [5, 5.41) is 2.98. The van der Waals surface area contributed by atoms with E-state index in [4.69, 9.17) is 0 Å². The van der Waals surface area contributed by atoms with Gasteiger partial charge in [0.05, 0.1) is 5.75 Å². The van der Waals surface area contributed by atoms with E-state index in [1.807, 2.05) is 56.3 Å². The van der Waals surface area contributed by atoms with Crippen molar-refractivity contribution in [2.24, 2.45) is 0 Å². The highest BCUT2D eigenvalue weighted by Gasteiger charge is 2.25. The van der Waals surface area contributed by atoms with E-state index in [0.717, 1.165) is 28.9 Å².